The van der Waals surface area contributed by atoms with Crippen molar-refractivity contribution in [3.8, 4) is 5.75 Å². The molecule has 1 fully saturated rings. The van der Waals surface area contributed by atoms with Crippen LogP contribution in [0.2, 0.25) is 0 Å². The molecule has 0 aromatic heterocycles. The first kappa shape index (κ1) is 16.3. The van der Waals surface area contributed by atoms with Crippen LogP contribution < -0.4 is 10.5 Å². The van der Waals surface area contributed by atoms with Crippen molar-refractivity contribution in [1.82, 2.24) is 4.31 Å². The standard InChI is InChI=1S/C15H24N2O3S/c1-3-17(11-12-4-5-12)21(18,19)15-7-6-14(20-2)10-13(15)8-9-16/h6-7,10,12H,3-5,8-9,11,16H2,1-2H3. The fourth-order valence-electron chi connectivity index (χ4n) is 2.41. The lowest BCUT2D eigenvalue weighted by Crippen LogP contribution is -2.33. The van der Waals surface area contributed by atoms with Gasteiger partial charge >= 0.3 is 0 Å². The Hall–Kier alpha value is -1.11. The van der Waals surface area contributed by atoms with E-state index in [-0.39, 0.29) is 0 Å². The van der Waals surface area contributed by atoms with Gasteiger partial charge in [0, 0.05) is 13.1 Å². The average Bonchev–Trinajstić information content (AvgIpc) is 3.28. The zero-order valence-corrected chi connectivity index (χ0v) is 13.5. The third kappa shape index (κ3) is 3.75. The second kappa shape index (κ2) is 6.77. The van der Waals surface area contributed by atoms with Crippen LogP contribution in [0.3, 0.4) is 0 Å². The van der Waals surface area contributed by atoms with E-state index in [9.17, 15) is 8.42 Å². The minimum atomic E-state index is -3.46. The molecule has 0 heterocycles. The first-order valence-electron chi connectivity index (χ1n) is 7.40. The first-order valence-corrected chi connectivity index (χ1v) is 8.84. The number of hydrogen-bond acceptors (Lipinski definition) is 4. The number of nitrogens with zero attached hydrogens (tertiary/aromatic N) is 1. The van der Waals surface area contributed by atoms with E-state index in [1.807, 2.05) is 6.92 Å². The molecule has 118 valence electrons. The highest BCUT2D eigenvalue weighted by molar-refractivity contribution is 7.89. The second-order valence-corrected chi connectivity index (χ2v) is 7.32. The van der Waals surface area contributed by atoms with Crippen LogP contribution in [0.15, 0.2) is 23.1 Å². The van der Waals surface area contributed by atoms with Gasteiger partial charge in [-0.3, -0.25) is 0 Å². The van der Waals surface area contributed by atoms with Crippen LogP contribution in [-0.2, 0) is 16.4 Å². The molecule has 1 aromatic rings. The molecular weight excluding hydrogens is 288 g/mol. The van der Waals surface area contributed by atoms with Crippen molar-refractivity contribution in [3.63, 3.8) is 0 Å². The van der Waals surface area contributed by atoms with Crippen molar-refractivity contribution in [3.05, 3.63) is 23.8 Å². The number of hydrogen-bond donors (Lipinski definition) is 1. The van der Waals surface area contributed by atoms with E-state index in [0.29, 0.717) is 42.6 Å². The van der Waals surface area contributed by atoms with E-state index in [4.69, 9.17) is 10.5 Å². The highest BCUT2D eigenvalue weighted by Gasteiger charge is 2.31. The Labute approximate surface area is 127 Å². The lowest BCUT2D eigenvalue weighted by atomic mass is 10.1. The maximum atomic E-state index is 12.9. The summed E-state index contributed by atoms with van der Waals surface area (Å²) in [6.45, 7) is 3.40. The van der Waals surface area contributed by atoms with E-state index in [1.54, 1.807) is 29.6 Å². The maximum Gasteiger partial charge on any atom is 0.243 e. The summed E-state index contributed by atoms with van der Waals surface area (Å²) in [5.41, 5.74) is 6.34. The summed E-state index contributed by atoms with van der Waals surface area (Å²) in [5, 5.41) is 0. The highest BCUT2D eigenvalue weighted by atomic mass is 32.2. The monoisotopic (exact) mass is 312 g/mol. The zero-order chi connectivity index (χ0) is 15.5. The van der Waals surface area contributed by atoms with Crippen molar-refractivity contribution in [2.24, 2.45) is 11.7 Å². The lowest BCUT2D eigenvalue weighted by Gasteiger charge is -2.22. The predicted octanol–water partition coefficient (Wildman–Crippen LogP) is 1.62. The smallest absolute Gasteiger partial charge is 0.243 e. The third-order valence-electron chi connectivity index (χ3n) is 3.81. The molecule has 2 N–H and O–H groups in total. The fourth-order valence-corrected chi connectivity index (χ4v) is 4.17. The van der Waals surface area contributed by atoms with E-state index < -0.39 is 10.0 Å². The van der Waals surface area contributed by atoms with Crippen LogP contribution in [0.25, 0.3) is 0 Å². The van der Waals surface area contributed by atoms with E-state index in [2.05, 4.69) is 0 Å². The van der Waals surface area contributed by atoms with Gasteiger partial charge in [0.15, 0.2) is 0 Å². The summed E-state index contributed by atoms with van der Waals surface area (Å²) < 4.78 is 32.5. The summed E-state index contributed by atoms with van der Waals surface area (Å²) >= 11 is 0. The fraction of sp³-hybridized carbons (Fsp3) is 0.600. The SMILES string of the molecule is CCN(CC1CC1)S(=O)(=O)c1ccc(OC)cc1CCN. The lowest BCUT2D eigenvalue weighted by molar-refractivity contribution is 0.408. The number of ether oxygens (including phenoxy) is 1. The van der Waals surface area contributed by atoms with Gasteiger partial charge in [0.05, 0.1) is 12.0 Å². The van der Waals surface area contributed by atoms with Gasteiger partial charge in [-0.05, 0) is 55.5 Å². The number of rotatable bonds is 8. The summed E-state index contributed by atoms with van der Waals surface area (Å²) in [5.74, 6) is 1.18. The molecule has 0 saturated heterocycles. The Kier molecular flexibility index (Phi) is 5.24. The molecule has 0 aliphatic heterocycles. The molecular formula is C15H24N2O3S. The zero-order valence-electron chi connectivity index (χ0n) is 12.7. The van der Waals surface area contributed by atoms with Crippen molar-refractivity contribution in [1.29, 1.82) is 0 Å². The summed E-state index contributed by atoms with van der Waals surface area (Å²) in [4.78, 5) is 0.358. The molecule has 0 unspecified atom stereocenters. The number of methoxy groups -OCH3 is 1. The molecule has 5 nitrogen and oxygen atoms in total. The van der Waals surface area contributed by atoms with Gasteiger partial charge in [0.1, 0.15) is 5.75 Å². The van der Waals surface area contributed by atoms with Crippen LogP contribution in [0.4, 0.5) is 0 Å². The molecule has 1 aromatic carbocycles. The molecule has 0 spiro atoms. The second-order valence-electron chi connectivity index (χ2n) is 5.41. The third-order valence-corrected chi connectivity index (χ3v) is 5.85. The van der Waals surface area contributed by atoms with Crippen LogP contribution >= 0.6 is 0 Å². The quantitative estimate of drug-likeness (QED) is 0.791. The van der Waals surface area contributed by atoms with Crippen LogP contribution in [0.1, 0.15) is 25.3 Å². The van der Waals surface area contributed by atoms with Gasteiger partial charge in [-0.15, -0.1) is 0 Å². The van der Waals surface area contributed by atoms with Gasteiger partial charge in [-0.2, -0.15) is 4.31 Å². The maximum absolute atomic E-state index is 12.9. The van der Waals surface area contributed by atoms with E-state index in [1.165, 1.54) is 0 Å². The summed E-state index contributed by atoms with van der Waals surface area (Å²) in [6, 6.07) is 5.09. The molecule has 1 aliphatic rings. The largest absolute Gasteiger partial charge is 0.497 e. The van der Waals surface area contributed by atoms with Gasteiger partial charge in [0.25, 0.3) is 0 Å². The number of nitrogens with two attached hydrogens (primary N) is 1. The Morgan fingerprint density at radius 2 is 2.10 bits per heavy atom. The first-order chi connectivity index (χ1) is 10.0. The van der Waals surface area contributed by atoms with Crippen molar-refractivity contribution < 1.29 is 13.2 Å². The Morgan fingerprint density at radius 1 is 1.38 bits per heavy atom. The minimum absolute atomic E-state index is 0.358. The van der Waals surface area contributed by atoms with Crippen LogP contribution in [0.5, 0.6) is 5.75 Å². The van der Waals surface area contributed by atoms with Crippen molar-refractivity contribution >= 4 is 10.0 Å². The van der Waals surface area contributed by atoms with Crippen molar-refractivity contribution in [2.75, 3.05) is 26.7 Å². The minimum Gasteiger partial charge on any atom is -0.497 e. The van der Waals surface area contributed by atoms with Gasteiger partial charge in [-0.25, -0.2) is 8.42 Å². The Balaban J connectivity index is 2.36. The molecule has 0 amide bonds. The number of sulfonamides is 1. The molecule has 2 rings (SSSR count). The number of benzene rings is 1. The van der Waals surface area contributed by atoms with E-state index in [0.717, 1.165) is 18.4 Å². The Morgan fingerprint density at radius 3 is 2.62 bits per heavy atom. The summed E-state index contributed by atoms with van der Waals surface area (Å²) in [6.07, 6.45) is 2.78. The molecule has 6 heteroatoms. The molecule has 0 atom stereocenters. The van der Waals surface area contributed by atoms with E-state index >= 15 is 0 Å². The molecule has 1 saturated carbocycles. The van der Waals surface area contributed by atoms with Gasteiger partial charge in [-0.1, -0.05) is 6.92 Å². The normalized spacial score (nSPS) is 15.4. The molecule has 1 aliphatic carbocycles. The predicted molar refractivity (Wildman–Crippen MR) is 82.9 cm³/mol. The molecule has 21 heavy (non-hydrogen) atoms. The summed E-state index contributed by atoms with van der Waals surface area (Å²) in [7, 11) is -1.89. The van der Waals surface area contributed by atoms with Gasteiger partial charge in [0.2, 0.25) is 10.0 Å². The molecule has 0 radical (unpaired) electrons. The van der Waals surface area contributed by atoms with Crippen molar-refractivity contribution in [2.45, 2.75) is 31.1 Å². The Bertz CT molecular complexity index is 583. The van der Waals surface area contributed by atoms with Crippen LogP contribution in [-0.4, -0.2) is 39.5 Å². The highest BCUT2D eigenvalue weighted by Crippen LogP contribution is 2.32. The molecule has 0 bridgehead atoms. The van der Waals surface area contributed by atoms with Gasteiger partial charge < -0.3 is 10.5 Å². The van der Waals surface area contributed by atoms with Crippen LogP contribution in [0, 0.1) is 5.92 Å². The topological polar surface area (TPSA) is 72.6 Å². The average molecular weight is 312 g/mol.